The minimum absolute atomic E-state index is 0.00309. The second-order valence-corrected chi connectivity index (χ2v) is 15.0. The fourth-order valence-corrected chi connectivity index (χ4v) is 6.92. The zero-order chi connectivity index (χ0) is 40.9. The number of ketones is 1. The van der Waals surface area contributed by atoms with Crippen molar-refractivity contribution in [2.75, 3.05) is 19.7 Å². The zero-order valence-corrected chi connectivity index (χ0v) is 32.9. The average Bonchev–Trinajstić information content (AvgIpc) is 3.56. The number of aryl methyl sites for hydroxylation is 1. The van der Waals surface area contributed by atoms with Crippen molar-refractivity contribution in [3.8, 4) is 5.75 Å². The number of hydrogen-bond donors (Lipinski definition) is 6. The Morgan fingerprint density at radius 1 is 0.929 bits per heavy atom. The Bertz CT molecular complexity index is 1730. The van der Waals surface area contributed by atoms with E-state index in [4.69, 9.17) is 4.74 Å². The lowest BCUT2D eigenvalue weighted by Gasteiger charge is -2.29. The minimum atomic E-state index is -1.17. The van der Waals surface area contributed by atoms with Crippen LogP contribution in [0, 0.1) is 12.8 Å². The van der Waals surface area contributed by atoms with E-state index in [0.29, 0.717) is 17.9 Å². The lowest BCUT2D eigenvalue weighted by Crippen LogP contribution is -2.59. The molecule has 6 amide bonds. The highest BCUT2D eigenvalue weighted by Gasteiger charge is 2.41. The Balaban J connectivity index is 1.58. The summed E-state index contributed by atoms with van der Waals surface area (Å²) in [6.45, 7) is 9.37. The van der Waals surface area contributed by atoms with Crippen LogP contribution in [0.5, 0.6) is 5.75 Å². The molecule has 2 heterocycles. The second-order valence-electron chi connectivity index (χ2n) is 15.0. The van der Waals surface area contributed by atoms with Crippen LogP contribution in [0.3, 0.4) is 0 Å². The third kappa shape index (κ3) is 12.4. The quantitative estimate of drug-likeness (QED) is 0.182. The van der Waals surface area contributed by atoms with Gasteiger partial charge in [0.1, 0.15) is 36.0 Å². The van der Waals surface area contributed by atoms with Crippen LogP contribution >= 0.6 is 0 Å². The molecule has 304 valence electrons. The number of carbonyl (C=O) groups is 7. The van der Waals surface area contributed by atoms with Crippen LogP contribution in [0.25, 0.3) is 0 Å². The van der Waals surface area contributed by atoms with Crippen molar-refractivity contribution in [2.45, 2.75) is 116 Å². The van der Waals surface area contributed by atoms with Crippen molar-refractivity contribution in [2.24, 2.45) is 5.92 Å². The fourth-order valence-electron chi connectivity index (χ4n) is 6.92. The normalized spacial score (nSPS) is 24.2. The van der Waals surface area contributed by atoms with Crippen molar-refractivity contribution < 1.29 is 43.4 Å². The van der Waals surface area contributed by atoms with Gasteiger partial charge in [-0.2, -0.15) is 0 Å². The largest absolute Gasteiger partial charge is 0.494 e. The van der Waals surface area contributed by atoms with Crippen LogP contribution in [-0.2, 0) is 35.2 Å². The molecule has 0 saturated carbocycles. The maximum atomic E-state index is 14.0. The SMILES string of the molecule is CCOc1ccc(C(=O)CCC(=O)N[C@H]2CCCNC(=O)[C@@H]3C[C@@H](O)CN3C(=O)[C@H](C)NC(=O)[C@H](CC(C)C)NC(=O)[C@@H](Cc3ccccc3)NC2=O)cc1C. The predicted molar refractivity (Wildman–Crippen MR) is 207 cm³/mol. The van der Waals surface area contributed by atoms with E-state index in [1.165, 1.54) is 11.8 Å². The number of nitrogens with zero attached hydrogens (tertiary/aromatic N) is 1. The van der Waals surface area contributed by atoms with Gasteiger partial charge in [-0.05, 0) is 75.3 Å². The third-order valence-electron chi connectivity index (χ3n) is 9.85. The van der Waals surface area contributed by atoms with E-state index in [1.807, 2.05) is 33.8 Å². The number of hydrogen-bond acceptors (Lipinski definition) is 9. The molecule has 4 rings (SSSR count). The van der Waals surface area contributed by atoms with Crippen LogP contribution in [0.2, 0.25) is 0 Å². The molecule has 2 aliphatic heterocycles. The molecule has 15 heteroatoms. The Hall–Kier alpha value is -5.31. The highest BCUT2D eigenvalue weighted by Crippen LogP contribution is 2.21. The fraction of sp³-hybridized carbons (Fsp3) is 0.537. The van der Waals surface area contributed by atoms with Crippen molar-refractivity contribution in [1.29, 1.82) is 0 Å². The molecular weight excluding hydrogens is 720 g/mol. The van der Waals surface area contributed by atoms with Gasteiger partial charge >= 0.3 is 0 Å². The van der Waals surface area contributed by atoms with Crippen LogP contribution in [0.15, 0.2) is 48.5 Å². The molecule has 2 aromatic carbocycles. The molecular formula is C41H56N6O9. The lowest BCUT2D eigenvalue weighted by molar-refractivity contribution is -0.141. The van der Waals surface area contributed by atoms with Crippen molar-refractivity contribution >= 4 is 41.2 Å². The number of benzene rings is 2. The molecule has 6 N–H and O–H groups in total. The van der Waals surface area contributed by atoms with Crippen LogP contribution in [0.1, 0.15) is 87.7 Å². The molecule has 6 atom stereocenters. The number of nitrogens with one attached hydrogen (secondary N) is 5. The Morgan fingerprint density at radius 3 is 2.30 bits per heavy atom. The number of ether oxygens (including phenoxy) is 1. The van der Waals surface area contributed by atoms with E-state index in [9.17, 15) is 38.7 Å². The molecule has 2 fully saturated rings. The van der Waals surface area contributed by atoms with Gasteiger partial charge in [-0.25, -0.2) is 0 Å². The molecule has 2 aromatic rings. The van der Waals surface area contributed by atoms with E-state index in [1.54, 1.807) is 42.5 Å². The molecule has 2 saturated heterocycles. The van der Waals surface area contributed by atoms with Gasteiger partial charge in [0.2, 0.25) is 35.4 Å². The van der Waals surface area contributed by atoms with Crippen molar-refractivity contribution in [1.82, 2.24) is 31.5 Å². The van der Waals surface area contributed by atoms with Gasteiger partial charge in [-0.15, -0.1) is 0 Å². The monoisotopic (exact) mass is 776 g/mol. The maximum Gasteiger partial charge on any atom is 0.245 e. The van der Waals surface area contributed by atoms with Gasteiger partial charge in [-0.3, -0.25) is 33.6 Å². The molecule has 0 spiro atoms. The summed E-state index contributed by atoms with van der Waals surface area (Å²) in [6.07, 6.45) is -0.732. The molecule has 0 aliphatic carbocycles. The molecule has 0 bridgehead atoms. The number of carbonyl (C=O) groups excluding carboxylic acids is 7. The van der Waals surface area contributed by atoms with Crippen LogP contribution in [-0.4, -0.2) is 107 Å². The summed E-state index contributed by atoms with van der Waals surface area (Å²) in [5.74, 6) is -3.20. The summed E-state index contributed by atoms with van der Waals surface area (Å²) in [5.41, 5.74) is 1.94. The van der Waals surface area contributed by atoms with Gasteiger partial charge in [0.25, 0.3) is 0 Å². The van der Waals surface area contributed by atoms with E-state index < -0.39 is 71.8 Å². The first-order valence-corrected chi connectivity index (χ1v) is 19.4. The van der Waals surface area contributed by atoms with Gasteiger partial charge in [0, 0.05) is 44.3 Å². The Labute approximate surface area is 328 Å². The molecule has 15 nitrogen and oxygen atoms in total. The maximum absolute atomic E-state index is 14.0. The van der Waals surface area contributed by atoms with Crippen molar-refractivity contribution in [3.05, 3.63) is 65.2 Å². The Morgan fingerprint density at radius 2 is 1.62 bits per heavy atom. The highest BCUT2D eigenvalue weighted by atomic mass is 16.5. The average molecular weight is 777 g/mol. The molecule has 56 heavy (non-hydrogen) atoms. The number of amides is 6. The first kappa shape index (κ1) is 43.4. The second kappa shape index (κ2) is 20.6. The molecule has 0 aromatic heterocycles. The zero-order valence-electron chi connectivity index (χ0n) is 32.9. The first-order valence-electron chi connectivity index (χ1n) is 19.4. The topological polar surface area (TPSA) is 212 Å². The summed E-state index contributed by atoms with van der Waals surface area (Å²) < 4.78 is 5.55. The number of rotatable bonds is 11. The first-order chi connectivity index (χ1) is 26.7. The molecule has 2 aliphatic rings. The number of aliphatic hydroxyl groups is 1. The van der Waals surface area contributed by atoms with Gasteiger partial charge in [0.05, 0.1) is 12.7 Å². The number of fused-ring (bicyclic) bond motifs is 1. The highest BCUT2D eigenvalue weighted by molar-refractivity contribution is 5.99. The van der Waals surface area contributed by atoms with Crippen LogP contribution < -0.4 is 31.3 Å². The summed E-state index contributed by atoms with van der Waals surface area (Å²) in [6, 6.07) is 8.58. The molecule has 0 radical (unpaired) electrons. The van der Waals surface area contributed by atoms with E-state index in [-0.39, 0.29) is 69.7 Å². The number of aliphatic hydroxyl groups excluding tert-OH is 1. The Kier molecular flexibility index (Phi) is 15.9. The van der Waals surface area contributed by atoms with E-state index >= 15 is 0 Å². The predicted octanol–water partition coefficient (Wildman–Crippen LogP) is 1.48. The summed E-state index contributed by atoms with van der Waals surface area (Å²) in [7, 11) is 0. The van der Waals surface area contributed by atoms with Gasteiger partial charge in [0.15, 0.2) is 5.78 Å². The smallest absolute Gasteiger partial charge is 0.245 e. The number of Topliss-reactive ketones (excluding diaryl/α,β-unsaturated/α-hetero) is 1. The van der Waals surface area contributed by atoms with E-state index in [0.717, 1.165) is 11.1 Å². The summed E-state index contributed by atoms with van der Waals surface area (Å²) in [4.78, 5) is 96.0. The summed E-state index contributed by atoms with van der Waals surface area (Å²) in [5, 5.41) is 24.1. The third-order valence-corrected chi connectivity index (χ3v) is 9.85. The van der Waals surface area contributed by atoms with Crippen molar-refractivity contribution in [3.63, 3.8) is 0 Å². The summed E-state index contributed by atoms with van der Waals surface area (Å²) >= 11 is 0. The van der Waals surface area contributed by atoms with Crippen LogP contribution in [0.4, 0.5) is 0 Å². The van der Waals surface area contributed by atoms with Gasteiger partial charge < -0.3 is 41.3 Å². The lowest BCUT2D eigenvalue weighted by atomic mass is 10.00. The van der Waals surface area contributed by atoms with E-state index in [2.05, 4.69) is 26.6 Å². The minimum Gasteiger partial charge on any atom is -0.494 e. The van der Waals surface area contributed by atoms with Gasteiger partial charge in [-0.1, -0.05) is 44.2 Å². The standard InChI is InChI=1S/C41H56N6O9/c1-6-56-35-16-14-28(20-25(35)4)34(49)15-17-36(50)44-30-13-10-18-42-40(54)33-22-29(48)23-47(33)41(55)26(5)43-38(52)31(19-24(2)3)45-39(53)32(46-37(30)51)21-27-11-8-7-9-12-27/h7-9,11-12,14,16,20,24,26,29-33,48H,6,10,13,15,17-19,21-23H2,1-5H3,(H,42,54)(H,43,52)(H,44,50)(H,45,53)(H,46,51)/t26-,29+,30-,31-,32+,33-/m0/s1. The molecule has 0 unspecified atom stereocenters.